The molecule has 0 amide bonds. The number of carbonyl (C=O) groups is 3. The van der Waals surface area contributed by atoms with Gasteiger partial charge in [0.1, 0.15) is 47.4 Å². The lowest BCUT2D eigenvalue weighted by Gasteiger charge is -2.39. The fraction of sp³-hybridized carbons (Fsp3) is 0.480. The quantitative estimate of drug-likeness (QED) is 0.0624. The molecule has 12 rings (SSSR count). The van der Waals surface area contributed by atoms with Crippen LogP contribution in [-0.4, -0.2) is 180 Å². The molecule has 528 valence electrons. The number of aliphatic carboxylic acids is 1. The zero-order valence-electron chi connectivity index (χ0n) is 54.8. The lowest BCUT2D eigenvalue weighted by molar-refractivity contribution is -0.144. The number of nitrogens with zero attached hydrogens (tertiary/aromatic N) is 6. The van der Waals surface area contributed by atoms with Crippen molar-refractivity contribution in [2.75, 3.05) is 103 Å². The number of anilines is 1. The minimum atomic E-state index is -0.873. The maximum absolute atomic E-state index is 13.2. The Kier molecular flexibility index (Phi) is 28.0. The number of para-hydroxylation sites is 1. The van der Waals surface area contributed by atoms with Crippen LogP contribution in [0, 0.1) is 23.6 Å². The molecule has 15 nitrogen and oxygen atoms in total. The van der Waals surface area contributed by atoms with Gasteiger partial charge in [0.25, 0.3) is 0 Å². The van der Waals surface area contributed by atoms with Crippen LogP contribution in [0.3, 0.4) is 0 Å². The molecule has 6 saturated heterocycles. The van der Waals surface area contributed by atoms with Crippen molar-refractivity contribution < 1.29 is 52.6 Å². The minimum Gasteiger partial charge on any atom is -0.490 e. The number of piperidine rings is 6. The summed E-state index contributed by atoms with van der Waals surface area (Å²) in [5, 5.41) is 31.6. The molecule has 0 spiro atoms. The van der Waals surface area contributed by atoms with E-state index >= 15 is 0 Å². The van der Waals surface area contributed by atoms with Crippen molar-refractivity contribution >= 4 is 93.2 Å². The molecular formula is C75H95Cl6FN6O9. The number of carboxylic acids is 3. The van der Waals surface area contributed by atoms with Gasteiger partial charge in [-0.3, -0.25) is 14.6 Å². The second-order valence-corrected chi connectivity index (χ2v) is 29.2. The smallest absolute Gasteiger partial charge is 0.337 e. The molecule has 0 radical (unpaired) electrons. The number of benzene rings is 6. The Labute approximate surface area is 604 Å². The number of halogens is 7. The summed E-state index contributed by atoms with van der Waals surface area (Å²) in [4.78, 5) is 48.8. The number of hydrogen-bond donors (Lipinski definition) is 3. The van der Waals surface area contributed by atoms with E-state index in [4.69, 9.17) is 88.9 Å². The molecule has 0 aliphatic carbocycles. The number of hydrogen-bond acceptors (Lipinski definition) is 12. The largest absolute Gasteiger partial charge is 0.490 e. The van der Waals surface area contributed by atoms with E-state index in [1.54, 1.807) is 72.8 Å². The Hall–Kier alpha value is -5.60. The molecule has 3 N–H and O–H groups in total. The zero-order chi connectivity index (χ0) is 68.4. The highest BCUT2D eigenvalue weighted by Crippen LogP contribution is 2.35. The normalized spacial score (nSPS) is 19.3. The lowest BCUT2D eigenvalue weighted by atomic mass is 9.93. The van der Waals surface area contributed by atoms with Crippen molar-refractivity contribution in [3.05, 3.63) is 186 Å². The van der Waals surface area contributed by atoms with Gasteiger partial charge in [-0.2, -0.15) is 0 Å². The van der Waals surface area contributed by atoms with Crippen LogP contribution in [0.5, 0.6) is 17.2 Å². The van der Waals surface area contributed by atoms with Crippen LogP contribution < -0.4 is 19.1 Å². The van der Waals surface area contributed by atoms with Crippen LogP contribution in [0.25, 0.3) is 0 Å². The molecule has 6 fully saturated rings. The van der Waals surface area contributed by atoms with Gasteiger partial charge in [0.05, 0.1) is 41.9 Å². The average molecular weight is 1460 g/mol. The first-order chi connectivity index (χ1) is 46.8. The maximum Gasteiger partial charge on any atom is 0.337 e. The summed E-state index contributed by atoms with van der Waals surface area (Å²) >= 11 is 36.3. The molecule has 1 atom stereocenters. The molecule has 0 saturated carbocycles. The summed E-state index contributed by atoms with van der Waals surface area (Å²) in [5.41, 5.74) is 3.61. The van der Waals surface area contributed by atoms with Gasteiger partial charge in [0, 0.05) is 100.0 Å². The van der Waals surface area contributed by atoms with Gasteiger partial charge in [-0.25, -0.2) is 14.0 Å². The third kappa shape index (κ3) is 22.7. The van der Waals surface area contributed by atoms with Crippen LogP contribution >= 0.6 is 69.6 Å². The molecule has 6 aromatic carbocycles. The number of likely N-dealkylation sites (tertiary alicyclic amines) is 5. The average Bonchev–Trinajstić information content (AvgIpc) is 0.850. The Balaban J connectivity index is 0.000000208. The summed E-state index contributed by atoms with van der Waals surface area (Å²) in [5.74, 6) is 1.38. The molecule has 0 aromatic heterocycles. The van der Waals surface area contributed by atoms with Crippen molar-refractivity contribution in [2.24, 2.45) is 17.8 Å². The molecule has 6 aromatic rings. The van der Waals surface area contributed by atoms with Crippen molar-refractivity contribution in [1.29, 1.82) is 0 Å². The van der Waals surface area contributed by atoms with E-state index in [2.05, 4.69) is 29.4 Å². The number of carboxylic acid groups (broad SMARTS) is 3. The van der Waals surface area contributed by atoms with Crippen LogP contribution in [0.4, 0.5) is 10.1 Å². The highest BCUT2D eigenvalue weighted by molar-refractivity contribution is 6.42. The van der Waals surface area contributed by atoms with Crippen LogP contribution in [0.2, 0.25) is 30.1 Å². The molecule has 6 aliphatic heterocycles. The second-order valence-electron chi connectivity index (χ2n) is 26.7. The van der Waals surface area contributed by atoms with Crippen LogP contribution in [-0.2, 0) is 17.8 Å². The van der Waals surface area contributed by atoms with E-state index < -0.39 is 23.9 Å². The number of rotatable bonds is 21. The Morgan fingerprint density at radius 3 is 1.37 bits per heavy atom. The first-order valence-electron chi connectivity index (χ1n) is 34.2. The van der Waals surface area contributed by atoms with E-state index in [9.17, 15) is 29.0 Å². The second kappa shape index (κ2) is 36.7. The van der Waals surface area contributed by atoms with Crippen molar-refractivity contribution in [2.45, 2.75) is 114 Å². The summed E-state index contributed by atoms with van der Waals surface area (Å²) in [6.45, 7) is 16.0. The van der Waals surface area contributed by atoms with E-state index in [1.165, 1.54) is 37.1 Å². The summed E-state index contributed by atoms with van der Waals surface area (Å²) in [6, 6.07) is 36.3. The lowest BCUT2D eigenvalue weighted by Crippen LogP contribution is -2.48. The highest BCUT2D eigenvalue weighted by Gasteiger charge is 2.33. The topological polar surface area (TPSA) is 159 Å². The maximum atomic E-state index is 13.2. The van der Waals surface area contributed by atoms with Gasteiger partial charge >= 0.3 is 17.9 Å². The Bertz CT molecular complexity index is 3520. The predicted octanol–water partition coefficient (Wildman–Crippen LogP) is 17.0. The van der Waals surface area contributed by atoms with Crippen molar-refractivity contribution in [3.8, 4) is 17.2 Å². The standard InChI is InChI=1S/C26H31Cl2FN2O3.C25H30Cl2N2O3.C24H28Cl2N2O3.3H2/c27-20-3-6-25(23(28)16-20)34-22-9-11-30(12-10-22)17-19-7-13-31(14-8-19)24(26(32)33)15-18-1-4-21(29)5-2-18;26-23-6-5-22(15-24(23)27)32-21-9-13-29(14-10-21)17-19-7-11-28(12-8-19)16-18-1-3-20(4-2-18)25(30)31;25-21-6-5-19(15-22(21)26)31-18-9-11-27(12-10-18)16-17-7-13-28(14-8-17)23-4-2-1-3-20(23)24(29)30;;;/h1-6,16,19,22,24H,7-15,17H2,(H,32,33);1-6,15,19,21H,7-14,16-17H2,(H,30,31);1-6,15,17-18H,7-14,16H2,(H,29,30);3*1H/t24-;;;;;/m0...../s1. The number of ether oxygens (including phenoxy) is 3. The molecule has 0 unspecified atom stereocenters. The summed E-state index contributed by atoms with van der Waals surface area (Å²) in [6.07, 6.45) is 13.6. The summed E-state index contributed by atoms with van der Waals surface area (Å²) < 4.78 is 31.5. The van der Waals surface area contributed by atoms with E-state index in [-0.39, 0.29) is 28.4 Å². The van der Waals surface area contributed by atoms with Crippen molar-refractivity contribution in [1.82, 2.24) is 24.5 Å². The SMILES string of the molecule is O=C(O)[C@H](Cc1ccc(F)cc1)N1CCC(CN2CCC(Oc3ccc(Cl)cc3Cl)CC2)CC1.O=C(O)c1ccc(CN2CCC(CN3CCC(Oc4ccc(Cl)c(Cl)c4)CC3)CC2)cc1.O=C(O)c1ccccc1N1CCC(CN2CCC(Oc3ccc(Cl)c(Cl)c3)CC2)CC1.[HH].[HH].[HH]. The van der Waals surface area contributed by atoms with Gasteiger partial charge in [-0.15, -0.1) is 0 Å². The number of aromatic carboxylic acids is 2. The van der Waals surface area contributed by atoms with Gasteiger partial charge in [0.15, 0.2) is 0 Å². The van der Waals surface area contributed by atoms with Gasteiger partial charge in [0.2, 0.25) is 0 Å². The Morgan fingerprint density at radius 2 is 0.907 bits per heavy atom. The van der Waals surface area contributed by atoms with E-state index in [0.717, 1.165) is 191 Å². The molecule has 0 bridgehead atoms. The van der Waals surface area contributed by atoms with Crippen molar-refractivity contribution in [3.63, 3.8) is 0 Å². The fourth-order valence-electron chi connectivity index (χ4n) is 14.2. The van der Waals surface area contributed by atoms with Crippen LogP contribution in [0.15, 0.2) is 127 Å². The van der Waals surface area contributed by atoms with Gasteiger partial charge in [-0.05, 0) is 217 Å². The zero-order valence-corrected chi connectivity index (χ0v) is 59.3. The molecule has 22 heteroatoms. The third-order valence-electron chi connectivity index (χ3n) is 19.8. The van der Waals surface area contributed by atoms with E-state index in [1.807, 2.05) is 42.5 Å². The predicted molar refractivity (Wildman–Crippen MR) is 392 cm³/mol. The molecular weight excluding hydrogens is 1360 g/mol. The molecule has 6 aliphatic rings. The molecule has 97 heavy (non-hydrogen) atoms. The van der Waals surface area contributed by atoms with E-state index in [0.29, 0.717) is 65.3 Å². The third-order valence-corrected chi connectivity index (χ3v) is 21.9. The molecule has 6 heterocycles. The highest BCUT2D eigenvalue weighted by atomic mass is 35.5. The first-order valence-corrected chi connectivity index (χ1v) is 36.4. The first kappa shape index (κ1) is 74.1. The van der Waals surface area contributed by atoms with Gasteiger partial charge in [-0.1, -0.05) is 106 Å². The fourth-order valence-corrected chi connectivity index (χ4v) is 15.3. The Morgan fingerprint density at radius 1 is 0.454 bits per heavy atom. The minimum absolute atomic E-state index is 0. The monoisotopic (exact) mass is 1450 g/mol. The van der Waals surface area contributed by atoms with Crippen LogP contribution in [0.1, 0.15) is 113 Å². The summed E-state index contributed by atoms with van der Waals surface area (Å²) in [7, 11) is 0. The van der Waals surface area contributed by atoms with Gasteiger partial charge < -0.3 is 49.1 Å².